The zero-order chi connectivity index (χ0) is 18.9. The molecule has 0 saturated carbocycles. The molecule has 7 nitrogen and oxygen atoms in total. The Hall–Kier alpha value is -2.18. The van der Waals surface area contributed by atoms with Gasteiger partial charge >= 0.3 is 17.9 Å². The molecule has 0 aliphatic heterocycles. The van der Waals surface area contributed by atoms with E-state index >= 15 is 0 Å². The van der Waals surface area contributed by atoms with Crippen molar-refractivity contribution in [1.29, 1.82) is 0 Å². The van der Waals surface area contributed by atoms with E-state index in [9.17, 15) is 19.2 Å². The van der Waals surface area contributed by atoms with Crippen LogP contribution in [0.1, 0.15) is 53.4 Å². The van der Waals surface area contributed by atoms with Crippen LogP contribution in [0.4, 0.5) is 0 Å². The first-order chi connectivity index (χ1) is 10.9. The molecule has 0 radical (unpaired) electrons. The standard InChI is InChI=1S/C17H27NO6/c1-12(2)16(23)18(11-17(3,4)5)10-15(22)24-14(21)9-7-6-8-13(19)20/h1,6-11H2,2-5H3,(H,19,20). The first-order valence-corrected chi connectivity index (χ1v) is 7.82. The van der Waals surface area contributed by atoms with Crippen LogP contribution in [-0.4, -0.2) is 46.9 Å². The number of carbonyl (C=O) groups is 4. The van der Waals surface area contributed by atoms with Gasteiger partial charge < -0.3 is 14.7 Å². The Morgan fingerprint density at radius 1 is 1.04 bits per heavy atom. The molecule has 7 heteroatoms. The Bertz CT molecular complexity index is 504. The Morgan fingerprint density at radius 2 is 1.58 bits per heavy atom. The number of hydrogen-bond donors (Lipinski definition) is 1. The van der Waals surface area contributed by atoms with Crippen molar-refractivity contribution in [2.75, 3.05) is 13.1 Å². The number of amides is 1. The zero-order valence-electron chi connectivity index (χ0n) is 14.9. The molecule has 1 N–H and O–H groups in total. The molecule has 0 aromatic carbocycles. The molecule has 0 unspecified atom stereocenters. The van der Waals surface area contributed by atoms with Gasteiger partial charge in [-0.25, -0.2) is 4.79 Å². The molecule has 0 saturated heterocycles. The lowest BCUT2D eigenvalue weighted by Crippen LogP contribution is -2.42. The van der Waals surface area contributed by atoms with E-state index < -0.39 is 17.9 Å². The summed E-state index contributed by atoms with van der Waals surface area (Å²) in [7, 11) is 0. The van der Waals surface area contributed by atoms with E-state index in [2.05, 4.69) is 11.3 Å². The van der Waals surface area contributed by atoms with Gasteiger partial charge in [-0.1, -0.05) is 27.4 Å². The maximum Gasteiger partial charge on any atom is 0.333 e. The van der Waals surface area contributed by atoms with Gasteiger partial charge in [-0.15, -0.1) is 0 Å². The third kappa shape index (κ3) is 10.5. The average molecular weight is 341 g/mol. The minimum absolute atomic E-state index is 0.0340. The molecule has 0 bridgehead atoms. The van der Waals surface area contributed by atoms with Gasteiger partial charge in [0.2, 0.25) is 5.91 Å². The fraction of sp³-hybridized carbons (Fsp3) is 0.647. The van der Waals surface area contributed by atoms with E-state index in [1.807, 2.05) is 20.8 Å². The maximum absolute atomic E-state index is 12.1. The molecule has 136 valence electrons. The van der Waals surface area contributed by atoms with Gasteiger partial charge in [0.1, 0.15) is 6.54 Å². The minimum Gasteiger partial charge on any atom is -0.481 e. The molecule has 0 rings (SSSR count). The van der Waals surface area contributed by atoms with Crippen LogP contribution in [0.5, 0.6) is 0 Å². The summed E-state index contributed by atoms with van der Waals surface area (Å²) in [5.74, 6) is -2.83. The second kappa shape index (κ2) is 9.85. The molecule has 0 heterocycles. The van der Waals surface area contributed by atoms with E-state index in [4.69, 9.17) is 5.11 Å². The van der Waals surface area contributed by atoms with Gasteiger partial charge in [0.25, 0.3) is 0 Å². The Balaban J connectivity index is 4.50. The number of carboxylic acids is 1. The van der Waals surface area contributed by atoms with E-state index in [0.717, 1.165) is 0 Å². The van der Waals surface area contributed by atoms with Crippen molar-refractivity contribution in [2.24, 2.45) is 5.41 Å². The molecular weight excluding hydrogens is 314 g/mol. The lowest BCUT2D eigenvalue weighted by molar-refractivity contribution is -0.162. The van der Waals surface area contributed by atoms with Gasteiger partial charge in [0, 0.05) is 25.0 Å². The van der Waals surface area contributed by atoms with Crippen LogP contribution in [0.25, 0.3) is 0 Å². The van der Waals surface area contributed by atoms with Crippen LogP contribution >= 0.6 is 0 Å². The van der Waals surface area contributed by atoms with Crippen molar-refractivity contribution in [2.45, 2.75) is 53.4 Å². The van der Waals surface area contributed by atoms with Crippen molar-refractivity contribution in [3.05, 3.63) is 12.2 Å². The van der Waals surface area contributed by atoms with Crippen LogP contribution in [0, 0.1) is 5.41 Å². The monoisotopic (exact) mass is 341 g/mol. The van der Waals surface area contributed by atoms with Crippen molar-refractivity contribution < 1.29 is 29.0 Å². The highest BCUT2D eigenvalue weighted by Gasteiger charge is 2.25. The lowest BCUT2D eigenvalue weighted by atomic mass is 9.96. The highest BCUT2D eigenvalue weighted by Crippen LogP contribution is 2.16. The Labute approximate surface area is 142 Å². The number of aliphatic carboxylic acids is 1. The SMILES string of the molecule is C=C(C)C(=O)N(CC(=O)OC(=O)CCCCC(=O)O)CC(C)(C)C. The van der Waals surface area contributed by atoms with Gasteiger partial charge in [0.05, 0.1) is 0 Å². The molecule has 0 aliphatic rings. The van der Waals surface area contributed by atoms with Crippen LogP contribution in [0.3, 0.4) is 0 Å². The largest absolute Gasteiger partial charge is 0.481 e. The maximum atomic E-state index is 12.1. The summed E-state index contributed by atoms with van der Waals surface area (Å²) in [5.41, 5.74) is 0.0683. The van der Waals surface area contributed by atoms with Crippen molar-refractivity contribution >= 4 is 23.8 Å². The molecule has 0 aromatic rings. The number of carboxylic acid groups (broad SMARTS) is 1. The van der Waals surface area contributed by atoms with E-state index in [-0.39, 0.29) is 30.7 Å². The van der Waals surface area contributed by atoms with Gasteiger partial charge in [-0.05, 0) is 25.2 Å². The molecule has 24 heavy (non-hydrogen) atoms. The summed E-state index contributed by atoms with van der Waals surface area (Å²) < 4.78 is 4.68. The van der Waals surface area contributed by atoms with Crippen LogP contribution in [0.15, 0.2) is 12.2 Å². The number of ether oxygens (including phenoxy) is 1. The fourth-order valence-corrected chi connectivity index (χ4v) is 1.95. The molecule has 1 amide bonds. The first-order valence-electron chi connectivity index (χ1n) is 7.82. The summed E-state index contributed by atoms with van der Waals surface area (Å²) in [6.07, 6.45) is 0.595. The summed E-state index contributed by atoms with van der Waals surface area (Å²) >= 11 is 0. The molecular formula is C17H27NO6. The molecule has 0 spiro atoms. The molecule has 0 aliphatic carbocycles. The summed E-state index contributed by atoms with van der Waals surface area (Å²) in [6, 6.07) is 0. The quantitative estimate of drug-likeness (QED) is 0.298. The number of unbranched alkanes of at least 4 members (excludes halogenated alkanes) is 1. The smallest absolute Gasteiger partial charge is 0.333 e. The zero-order valence-corrected chi connectivity index (χ0v) is 14.9. The van der Waals surface area contributed by atoms with E-state index in [0.29, 0.717) is 25.0 Å². The predicted octanol–water partition coefficient (Wildman–Crippen LogP) is 2.15. The molecule has 0 atom stereocenters. The van der Waals surface area contributed by atoms with Crippen molar-refractivity contribution in [1.82, 2.24) is 4.90 Å². The Morgan fingerprint density at radius 3 is 2.04 bits per heavy atom. The number of esters is 2. The number of hydrogen-bond acceptors (Lipinski definition) is 5. The molecule has 0 fully saturated rings. The first kappa shape index (κ1) is 21.8. The summed E-state index contributed by atoms with van der Waals surface area (Å²) in [4.78, 5) is 47.2. The van der Waals surface area contributed by atoms with Gasteiger partial charge in [0.15, 0.2) is 0 Å². The number of nitrogens with zero attached hydrogens (tertiary/aromatic N) is 1. The Kier molecular flexibility index (Phi) is 8.95. The topological polar surface area (TPSA) is 101 Å². The lowest BCUT2D eigenvalue weighted by Gasteiger charge is -2.29. The number of rotatable bonds is 9. The third-order valence-corrected chi connectivity index (χ3v) is 2.89. The second-order valence-electron chi connectivity index (χ2n) is 6.95. The molecule has 0 aromatic heterocycles. The van der Waals surface area contributed by atoms with Crippen LogP contribution in [0.2, 0.25) is 0 Å². The van der Waals surface area contributed by atoms with Gasteiger partial charge in [-0.3, -0.25) is 14.4 Å². The highest BCUT2D eigenvalue weighted by atomic mass is 16.6. The van der Waals surface area contributed by atoms with E-state index in [1.165, 1.54) is 4.90 Å². The van der Waals surface area contributed by atoms with E-state index in [1.54, 1.807) is 6.92 Å². The fourth-order valence-electron chi connectivity index (χ4n) is 1.95. The normalized spacial score (nSPS) is 10.8. The van der Waals surface area contributed by atoms with Crippen LogP contribution in [-0.2, 0) is 23.9 Å². The third-order valence-electron chi connectivity index (χ3n) is 2.89. The average Bonchev–Trinajstić information content (AvgIpc) is 2.40. The highest BCUT2D eigenvalue weighted by molar-refractivity contribution is 5.95. The second-order valence-corrected chi connectivity index (χ2v) is 6.95. The van der Waals surface area contributed by atoms with Crippen molar-refractivity contribution in [3.8, 4) is 0 Å². The number of carbonyl (C=O) groups excluding carboxylic acids is 3. The minimum atomic E-state index is -0.935. The van der Waals surface area contributed by atoms with Crippen molar-refractivity contribution in [3.63, 3.8) is 0 Å². The van der Waals surface area contributed by atoms with Gasteiger partial charge in [-0.2, -0.15) is 0 Å². The van der Waals surface area contributed by atoms with Crippen LogP contribution < -0.4 is 0 Å². The summed E-state index contributed by atoms with van der Waals surface area (Å²) in [5, 5.41) is 8.50. The summed E-state index contributed by atoms with van der Waals surface area (Å²) in [6.45, 7) is 10.9. The predicted molar refractivity (Wildman–Crippen MR) is 88.1 cm³/mol.